The van der Waals surface area contributed by atoms with Gasteiger partial charge in [-0.25, -0.2) is 4.79 Å². The predicted molar refractivity (Wildman–Crippen MR) is 106 cm³/mol. The maximum Gasteiger partial charge on any atom is 0.340 e. The first-order valence-corrected chi connectivity index (χ1v) is 9.06. The molecule has 1 aromatic heterocycles. The molecule has 27 heavy (non-hydrogen) atoms. The van der Waals surface area contributed by atoms with E-state index in [2.05, 4.69) is 5.32 Å². The van der Waals surface area contributed by atoms with Crippen LogP contribution in [-0.2, 0) is 22.5 Å². The first-order chi connectivity index (χ1) is 13.0. The average Bonchev–Trinajstić information content (AvgIpc) is 3.01. The van der Waals surface area contributed by atoms with E-state index in [1.54, 1.807) is 10.8 Å². The van der Waals surface area contributed by atoms with Crippen molar-refractivity contribution < 1.29 is 14.3 Å². The Hall–Kier alpha value is -2.79. The first-order valence-electron chi connectivity index (χ1n) is 8.68. The summed E-state index contributed by atoms with van der Waals surface area (Å²) in [6.07, 6.45) is 2.31. The zero-order valence-corrected chi connectivity index (χ0v) is 16.0. The molecule has 0 aliphatic rings. The second kappa shape index (κ2) is 8.27. The van der Waals surface area contributed by atoms with Gasteiger partial charge < -0.3 is 14.6 Å². The van der Waals surface area contributed by atoms with Gasteiger partial charge in [0.25, 0.3) is 0 Å². The van der Waals surface area contributed by atoms with Crippen LogP contribution in [0.5, 0.6) is 0 Å². The molecule has 0 radical (unpaired) electrons. The van der Waals surface area contributed by atoms with Gasteiger partial charge in [-0.2, -0.15) is 0 Å². The lowest BCUT2D eigenvalue weighted by atomic mass is 10.1. The summed E-state index contributed by atoms with van der Waals surface area (Å²) in [6, 6.07) is 15.0. The molecule has 1 unspecified atom stereocenters. The molecule has 0 saturated heterocycles. The lowest BCUT2D eigenvalue weighted by Gasteiger charge is -2.15. The summed E-state index contributed by atoms with van der Waals surface area (Å²) in [5.41, 5.74) is 2.25. The Balaban J connectivity index is 1.72. The van der Waals surface area contributed by atoms with E-state index in [0.29, 0.717) is 17.0 Å². The van der Waals surface area contributed by atoms with Crippen molar-refractivity contribution in [2.24, 2.45) is 0 Å². The van der Waals surface area contributed by atoms with Gasteiger partial charge in [-0.3, -0.25) is 4.79 Å². The van der Waals surface area contributed by atoms with Crippen LogP contribution in [0.1, 0.15) is 22.8 Å². The van der Waals surface area contributed by atoms with Crippen molar-refractivity contribution in [2.75, 3.05) is 7.11 Å². The van der Waals surface area contributed by atoms with Crippen molar-refractivity contribution in [3.63, 3.8) is 0 Å². The van der Waals surface area contributed by atoms with Crippen molar-refractivity contribution in [3.05, 3.63) is 70.9 Å². The van der Waals surface area contributed by atoms with Crippen LogP contribution in [0, 0.1) is 0 Å². The molecule has 0 fully saturated rings. The zero-order valence-electron chi connectivity index (χ0n) is 15.2. The molecule has 0 bridgehead atoms. The molecule has 1 N–H and O–H groups in total. The van der Waals surface area contributed by atoms with E-state index in [9.17, 15) is 9.59 Å². The number of halogens is 1. The molecule has 140 valence electrons. The van der Waals surface area contributed by atoms with E-state index >= 15 is 0 Å². The molecule has 3 rings (SSSR count). The van der Waals surface area contributed by atoms with E-state index in [4.69, 9.17) is 16.3 Å². The average molecular weight is 385 g/mol. The van der Waals surface area contributed by atoms with E-state index in [0.717, 1.165) is 16.5 Å². The molecular formula is C21H21ClN2O3. The Morgan fingerprint density at radius 2 is 1.85 bits per heavy atom. The molecule has 2 aromatic carbocycles. The Bertz CT molecular complexity index is 980. The van der Waals surface area contributed by atoms with Crippen LogP contribution in [0.4, 0.5) is 0 Å². The summed E-state index contributed by atoms with van der Waals surface area (Å²) < 4.78 is 6.60. The maximum absolute atomic E-state index is 12.5. The standard InChI is InChI=1S/C21H21ClN2O3/c1-14(11-15-7-3-5-9-18(15)22)23-20(25)13-24-12-17(21(26)27-2)16-8-4-6-10-19(16)24/h3-10,12,14H,11,13H2,1-2H3,(H,23,25). The van der Waals surface area contributed by atoms with Gasteiger partial charge >= 0.3 is 5.97 Å². The van der Waals surface area contributed by atoms with E-state index < -0.39 is 5.97 Å². The Morgan fingerprint density at radius 3 is 2.59 bits per heavy atom. The molecule has 1 amide bonds. The largest absolute Gasteiger partial charge is 0.465 e. The normalized spacial score (nSPS) is 12.0. The Kier molecular flexibility index (Phi) is 5.81. The number of esters is 1. The fraction of sp³-hybridized carbons (Fsp3) is 0.238. The Labute approximate surface area is 162 Å². The van der Waals surface area contributed by atoms with Crippen molar-refractivity contribution in [3.8, 4) is 0 Å². The number of para-hydroxylation sites is 1. The molecule has 0 saturated carbocycles. The summed E-state index contributed by atoms with van der Waals surface area (Å²) in [4.78, 5) is 24.5. The van der Waals surface area contributed by atoms with Gasteiger partial charge in [0.05, 0.1) is 12.7 Å². The number of carbonyl (C=O) groups excluding carboxylic acids is 2. The molecule has 1 heterocycles. The number of nitrogens with zero attached hydrogens (tertiary/aromatic N) is 1. The van der Waals surface area contributed by atoms with E-state index in [-0.39, 0.29) is 18.5 Å². The van der Waals surface area contributed by atoms with Crippen molar-refractivity contribution in [1.82, 2.24) is 9.88 Å². The minimum Gasteiger partial charge on any atom is -0.465 e. The van der Waals surface area contributed by atoms with Gasteiger partial charge in [0.1, 0.15) is 6.54 Å². The minimum absolute atomic E-state index is 0.0701. The number of rotatable bonds is 6. The molecule has 6 heteroatoms. The lowest BCUT2D eigenvalue weighted by Crippen LogP contribution is -2.36. The molecular weight excluding hydrogens is 364 g/mol. The monoisotopic (exact) mass is 384 g/mol. The highest BCUT2D eigenvalue weighted by Gasteiger charge is 2.17. The fourth-order valence-electron chi connectivity index (χ4n) is 3.17. The smallest absolute Gasteiger partial charge is 0.340 e. The zero-order chi connectivity index (χ0) is 19.4. The molecule has 3 aromatic rings. The second-order valence-electron chi connectivity index (χ2n) is 6.44. The number of amides is 1. The number of ether oxygens (including phenoxy) is 1. The van der Waals surface area contributed by atoms with Crippen LogP contribution in [0.25, 0.3) is 10.9 Å². The quantitative estimate of drug-likeness (QED) is 0.657. The molecule has 5 nitrogen and oxygen atoms in total. The fourth-order valence-corrected chi connectivity index (χ4v) is 3.38. The van der Waals surface area contributed by atoms with Crippen LogP contribution in [0.2, 0.25) is 5.02 Å². The summed E-state index contributed by atoms with van der Waals surface area (Å²) in [5, 5.41) is 4.44. The third-order valence-corrected chi connectivity index (χ3v) is 4.77. The first kappa shape index (κ1) is 19.0. The number of aromatic nitrogens is 1. The number of hydrogen-bond donors (Lipinski definition) is 1. The van der Waals surface area contributed by atoms with Crippen LogP contribution >= 0.6 is 11.6 Å². The third-order valence-electron chi connectivity index (χ3n) is 4.40. The van der Waals surface area contributed by atoms with Crippen LogP contribution in [-0.4, -0.2) is 29.6 Å². The highest BCUT2D eigenvalue weighted by Crippen LogP contribution is 2.22. The summed E-state index contributed by atoms with van der Waals surface area (Å²) in [6.45, 7) is 2.05. The molecule has 0 spiro atoms. The van der Waals surface area contributed by atoms with Crippen molar-refractivity contribution in [2.45, 2.75) is 25.9 Å². The van der Waals surface area contributed by atoms with Gasteiger partial charge in [-0.1, -0.05) is 48.0 Å². The van der Waals surface area contributed by atoms with E-state index in [1.807, 2.05) is 55.5 Å². The highest BCUT2D eigenvalue weighted by atomic mass is 35.5. The predicted octanol–water partition coefficient (Wildman–Crippen LogP) is 3.83. The van der Waals surface area contributed by atoms with E-state index in [1.165, 1.54) is 7.11 Å². The minimum atomic E-state index is -0.419. The van der Waals surface area contributed by atoms with Crippen molar-refractivity contribution >= 4 is 34.4 Å². The Morgan fingerprint density at radius 1 is 1.15 bits per heavy atom. The van der Waals surface area contributed by atoms with Gasteiger partial charge in [0, 0.05) is 28.2 Å². The SMILES string of the molecule is COC(=O)c1cn(CC(=O)NC(C)Cc2ccccc2Cl)c2ccccc12. The number of benzene rings is 2. The highest BCUT2D eigenvalue weighted by molar-refractivity contribution is 6.31. The number of hydrogen-bond acceptors (Lipinski definition) is 3. The summed E-state index contributed by atoms with van der Waals surface area (Å²) >= 11 is 6.19. The van der Waals surface area contributed by atoms with Crippen molar-refractivity contribution in [1.29, 1.82) is 0 Å². The van der Waals surface area contributed by atoms with Gasteiger partial charge in [0.15, 0.2) is 0 Å². The third kappa shape index (κ3) is 4.31. The van der Waals surface area contributed by atoms with Gasteiger partial charge in [-0.05, 0) is 31.0 Å². The maximum atomic E-state index is 12.5. The van der Waals surface area contributed by atoms with Crippen LogP contribution < -0.4 is 5.32 Å². The molecule has 1 atom stereocenters. The second-order valence-corrected chi connectivity index (χ2v) is 6.85. The number of fused-ring (bicyclic) bond motifs is 1. The molecule has 0 aliphatic carbocycles. The topological polar surface area (TPSA) is 60.3 Å². The van der Waals surface area contributed by atoms with Crippen LogP contribution in [0.3, 0.4) is 0 Å². The van der Waals surface area contributed by atoms with Crippen LogP contribution in [0.15, 0.2) is 54.7 Å². The lowest BCUT2D eigenvalue weighted by molar-refractivity contribution is -0.122. The number of nitrogens with one attached hydrogen (secondary N) is 1. The summed E-state index contributed by atoms with van der Waals surface area (Å²) in [7, 11) is 1.34. The molecule has 0 aliphatic heterocycles. The number of methoxy groups -OCH3 is 1. The number of carbonyl (C=O) groups is 2. The summed E-state index contributed by atoms with van der Waals surface area (Å²) in [5.74, 6) is -0.552. The van der Waals surface area contributed by atoms with Gasteiger partial charge in [0.2, 0.25) is 5.91 Å². The van der Waals surface area contributed by atoms with Gasteiger partial charge in [-0.15, -0.1) is 0 Å².